The molecule has 1 heterocycles. The number of nitrogens with two attached hydrogens (primary N) is 1. The molecule has 2 aromatic rings. The van der Waals surface area contributed by atoms with E-state index < -0.39 is 0 Å². The highest BCUT2D eigenvalue weighted by molar-refractivity contribution is 5.30. The van der Waals surface area contributed by atoms with Crippen LogP contribution in [0.4, 0.5) is 4.39 Å². The second-order valence-corrected chi connectivity index (χ2v) is 4.04. The molecule has 0 unspecified atom stereocenters. The lowest BCUT2D eigenvalue weighted by Crippen LogP contribution is -2.03. The van der Waals surface area contributed by atoms with Crippen LogP contribution in [0.15, 0.2) is 36.5 Å². The minimum Gasteiger partial charge on any atom is -0.486 e. The van der Waals surface area contributed by atoms with Gasteiger partial charge in [-0.15, -0.1) is 0 Å². The minimum absolute atomic E-state index is 0.265. The van der Waals surface area contributed by atoms with Crippen molar-refractivity contribution in [2.24, 2.45) is 5.73 Å². The molecule has 1 aromatic heterocycles. The number of halogens is 1. The molecule has 18 heavy (non-hydrogen) atoms. The second-order valence-electron chi connectivity index (χ2n) is 4.04. The number of rotatable bonds is 4. The average Bonchev–Trinajstić information content (AvgIpc) is 2.41. The largest absolute Gasteiger partial charge is 0.486 e. The Morgan fingerprint density at radius 3 is 2.94 bits per heavy atom. The first-order valence-corrected chi connectivity index (χ1v) is 5.72. The van der Waals surface area contributed by atoms with Crippen LogP contribution in [0.2, 0.25) is 0 Å². The molecular weight excluding hydrogens is 231 g/mol. The molecular formula is C14H15FN2O. The number of aryl methyl sites for hydroxylation is 1. The predicted octanol–water partition coefficient (Wildman–Crippen LogP) is 2.57. The van der Waals surface area contributed by atoms with Crippen molar-refractivity contribution in [3.05, 3.63) is 59.2 Å². The van der Waals surface area contributed by atoms with E-state index in [2.05, 4.69) is 4.98 Å². The van der Waals surface area contributed by atoms with E-state index in [-0.39, 0.29) is 11.6 Å². The summed E-state index contributed by atoms with van der Waals surface area (Å²) in [7, 11) is 0. The molecule has 0 aliphatic carbocycles. The van der Waals surface area contributed by atoms with Gasteiger partial charge >= 0.3 is 0 Å². The Morgan fingerprint density at radius 2 is 2.17 bits per heavy atom. The monoisotopic (exact) mass is 246 g/mol. The molecule has 0 spiro atoms. The Morgan fingerprint density at radius 1 is 1.33 bits per heavy atom. The SMILES string of the molecule is Cc1cccc(OCc2ccnc(CN)c2)c1F. The van der Waals surface area contributed by atoms with E-state index in [0.29, 0.717) is 18.7 Å². The van der Waals surface area contributed by atoms with Gasteiger partial charge in [0.15, 0.2) is 11.6 Å². The summed E-state index contributed by atoms with van der Waals surface area (Å²) in [5.74, 6) is -0.0493. The highest BCUT2D eigenvalue weighted by Crippen LogP contribution is 2.20. The third-order valence-electron chi connectivity index (χ3n) is 2.64. The van der Waals surface area contributed by atoms with Crippen LogP contribution in [0, 0.1) is 12.7 Å². The van der Waals surface area contributed by atoms with Crippen molar-refractivity contribution in [3.63, 3.8) is 0 Å². The maximum atomic E-state index is 13.7. The zero-order valence-electron chi connectivity index (χ0n) is 10.2. The van der Waals surface area contributed by atoms with Gasteiger partial charge in [0.1, 0.15) is 6.61 Å². The van der Waals surface area contributed by atoms with Gasteiger partial charge in [0.05, 0.1) is 5.69 Å². The first kappa shape index (κ1) is 12.5. The smallest absolute Gasteiger partial charge is 0.167 e. The lowest BCUT2D eigenvalue weighted by atomic mass is 10.2. The Balaban J connectivity index is 2.09. The van der Waals surface area contributed by atoms with Crippen LogP contribution in [0.5, 0.6) is 5.75 Å². The number of benzene rings is 1. The van der Waals surface area contributed by atoms with Gasteiger partial charge in [-0.05, 0) is 36.2 Å². The van der Waals surface area contributed by atoms with Crippen molar-refractivity contribution in [2.45, 2.75) is 20.1 Å². The Kier molecular flexibility index (Phi) is 3.89. The minimum atomic E-state index is -0.314. The Bertz CT molecular complexity index is 543. The van der Waals surface area contributed by atoms with Crippen LogP contribution in [0.1, 0.15) is 16.8 Å². The lowest BCUT2D eigenvalue weighted by Gasteiger charge is -2.09. The van der Waals surface area contributed by atoms with Crippen LogP contribution in [0.25, 0.3) is 0 Å². The molecule has 0 atom stereocenters. The molecule has 3 nitrogen and oxygen atoms in total. The number of aromatic nitrogens is 1. The lowest BCUT2D eigenvalue weighted by molar-refractivity contribution is 0.289. The van der Waals surface area contributed by atoms with Crippen molar-refractivity contribution >= 4 is 0 Å². The maximum Gasteiger partial charge on any atom is 0.167 e. The van der Waals surface area contributed by atoms with E-state index in [4.69, 9.17) is 10.5 Å². The van der Waals surface area contributed by atoms with E-state index in [1.165, 1.54) is 0 Å². The number of nitrogens with zero attached hydrogens (tertiary/aromatic N) is 1. The summed E-state index contributed by atoms with van der Waals surface area (Å²) >= 11 is 0. The molecule has 2 rings (SSSR count). The fourth-order valence-electron chi connectivity index (χ4n) is 1.62. The molecule has 1 aromatic carbocycles. The van der Waals surface area contributed by atoms with Gasteiger partial charge in [0.25, 0.3) is 0 Å². The van der Waals surface area contributed by atoms with Gasteiger partial charge < -0.3 is 10.5 Å². The summed E-state index contributed by atoms with van der Waals surface area (Å²) in [5, 5.41) is 0. The molecule has 2 N–H and O–H groups in total. The molecule has 0 amide bonds. The summed E-state index contributed by atoms with van der Waals surface area (Å²) in [6.45, 7) is 2.39. The first-order chi connectivity index (χ1) is 8.70. The third-order valence-corrected chi connectivity index (χ3v) is 2.64. The summed E-state index contributed by atoms with van der Waals surface area (Å²) in [6, 6.07) is 8.78. The van der Waals surface area contributed by atoms with E-state index in [0.717, 1.165) is 11.3 Å². The summed E-state index contributed by atoms with van der Waals surface area (Å²) in [6.07, 6.45) is 1.67. The van der Waals surface area contributed by atoms with Gasteiger partial charge in [0.2, 0.25) is 0 Å². The molecule has 0 saturated carbocycles. The first-order valence-electron chi connectivity index (χ1n) is 5.72. The zero-order chi connectivity index (χ0) is 13.0. The maximum absolute atomic E-state index is 13.7. The molecule has 0 aliphatic rings. The molecule has 4 heteroatoms. The zero-order valence-corrected chi connectivity index (χ0v) is 10.2. The molecule has 0 radical (unpaired) electrons. The van der Waals surface area contributed by atoms with E-state index in [9.17, 15) is 4.39 Å². The molecule has 0 fully saturated rings. The number of hydrogen-bond acceptors (Lipinski definition) is 3. The van der Waals surface area contributed by atoms with Crippen LogP contribution in [-0.2, 0) is 13.2 Å². The summed E-state index contributed by atoms with van der Waals surface area (Å²) in [5.41, 5.74) is 7.80. The highest BCUT2D eigenvalue weighted by Gasteiger charge is 2.06. The van der Waals surface area contributed by atoms with Crippen molar-refractivity contribution in [3.8, 4) is 5.75 Å². The number of hydrogen-bond donors (Lipinski definition) is 1. The Labute approximate surface area is 105 Å². The van der Waals surface area contributed by atoms with Gasteiger partial charge in [0, 0.05) is 12.7 Å². The van der Waals surface area contributed by atoms with Crippen LogP contribution < -0.4 is 10.5 Å². The van der Waals surface area contributed by atoms with Gasteiger partial charge in [-0.2, -0.15) is 0 Å². The molecule has 0 aliphatic heterocycles. The Hall–Kier alpha value is -1.94. The number of pyridine rings is 1. The predicted molar refractivity (Wildman–Crippen MR) is 67.6 cm³/mol. The topological polar surface area (TPSA) is 48.1 Å². The molecule has 0 saturated heterocycles. The van der Waals surface area contributed by atoms with Gasteiger partial charge in [-0.25, -0.2) is 4.39 Å². The van der Waals surface area contributed by atoms with Crippen molar-refractivity contribution in [2.75, 3.05) is 0 Å². The van der Waals surface area contributed by atoms with Crippen molar-refractivity contribution in [1.82, 2.24) is 4.98 Å². The second kappa shape index (κ2) is 5.60. The molecule has 0 bridgehead atoms. The summed E-state index contributed by atoms with van der Waals surface area (Å²) < 4.78 is 19.2. The van der Waals surface area contributed by atoms with Gasteiger partial charge in [-0.3, -0.25) is 4.98 Å². The van der Waals surface area contributed by atoms with Crippen molar-refractivity contribution in [1.29, 1.82) is 0 Å². The quantitative estimate of drug-likeness (QED) is 0.902. The standard InChI is InChI=1S/C14H15FN2O/c1-10-3-2-4-13(14(10)15)18-9-11-5-6-17-12(7-11)8-16/h2-7H,8-9,16H2,1H3. The normalized spacial score (nSPS) is 10.4. The van der Waals surface area contributed by atoms with E-state index >= 15 is 0 Å². The van der Waals surface area contributed by atoms with Crippen LogP contribution in [-0.4, -0.2) is 4.98 Å². The van der Waals surface area contributed by atoms with Gasteiger partial charge in [-0.1, -0.05) is 12.1 Å². The van der Waals surface area contributed by atoms with E-state index in [1.54, 1.807) is 31.3 Å². The average molecular weight is 246 g/mol. The van der Waals surface area contributed by atoms with E-state index in [1.807, 2.05) is 12.1 Å². The molecule has 94 valence electrons. The van der Waals surface area contributed by atoms with Crippen molar-refractivity contribution < 1.29 is 9.13 Å². The highest BCUT2D eigenvalue weighted by atomic mass is 19.1. The fourth-order valence-corrected chi connectivity index (χ4v) is 1.62. The van der Waals surface area contributed by atoms with Crippen LogP contribution in [0.3, 0.4) is 0 Å². The number of ether oxygens (including phenoxy) is 1. The van der Waals surface area contributed by atoms with Crippen LogP contribution >= 0.6 is 0 Å². The fraction of sp³-hybridized carbons (Fsp3) is 0.214. The third kappa shape index (κ3) is 2.84. The summed E-state index contributed by atoms with van der Waals surface area (Å²) in [4.78, 5) is 4.09.